The van der Waals surface area contributed by atoms with Crippen molar-refractivity contribution in [1.29, 1.82) is 0 Å². The van der Waals surface area contributed by atoms with Gasteiger partial charge < -0.3 is 4.90 Å². The van der Waals surface area contributed by atoms with Crippen LogP contribution in [0.4, 0.5) is 5.69 Å². The van der Waals surface area contributed by atoms with E-state index in [-0.39, 0.29) is 11.8 Å². The second-order valence-corrected chi connectivity index (χ2v) is 4.56. The molecular weight excluding hydrogens is 216 g/mol. The fourth-order valence-corrected chi connectivity index (χ4v) is 2.61. The maximum absolute atomic E-state index is 12.1. The molecule has 1 saturated heterocycles. The molecule has 0 unspecified atom stereocenters. The Morgan fingerprint density at radius 2 is 1.76 bits per heavy atom. The summed E-state index contributed by atoms with van der Waals surface area (Å²) in [5.41, 5.74) is 2.05. The molecule has 1 fully saturated rings. The quantitative estimate of drug-likeness (QED) is 0.687. The van der Waals surface area contributed by atoms with E-state index in [1.165, 1.54) is 4.90 Å². The van der Waals surface area contributed by atoms with Gasteiger partial charge in [-0.2, -0.15) is 0 Å². The Morgan fingerprint density at radius 1 is 1.06 bits per heavy atom. The van der Waals surface area contributed by atoms with Crippen molar-refractivity contribution in [2.24, 2.45) is 0 Å². The van der Waals surface area contributed by atoms with Crippen LogP contribution in [-0.2, 0) is 0 Å². The molecule has 0 atom stereocenters. The molecule has 17 heavy (non-hydrogen) atoms. The summed E-state index contributed by atoms with van der Waals surface area (Å²) < 4.78 is 0. The average molecular weight is 230 g/mol. The third-order valence-electron chi connectivity index (χ3n) is 3.54. The van der Waals surface area contributed by atoms with Crippen molar-refractivity contribution in [1.82, 2.24) is 4.90 Å². The number of benzene rings is 1. The van der Waals surface area contributed by atoms with Gasteiger partial charge in [0.25, 0.3) is 11.8 Å². The Bertz CT molecular complexity index is 504. The molecule has 1 aromatic carbocycles. The lowest BCUT2D eigenvalue weighted by atomic mass is 10.1. The lowest BCUT2D eigenvalue weighted by molar-refractivity contribution is 0.0693. The van der Waals surface area contributed by atoms with Gasteiger partial charge in [0.15, 0.2) is 0 Å². The van der Waals surface area contributed by atoms with Gasteiger partial charge in [0.05, 0.1) is 16.8 Å². The first kappa shape index (κ1) is 10.3. The van der Waals surface area contributed by atoms with Crippen LogP contribution in [0.15, 0.2) is 18.2 Å². The summed E-state index contributed by atoms with van der Waals surface area (Å²) in [7, 11) is 1.54. The number of rotatable bonds is 1. The maximum Gasteiger partial charge on any atom is 0.263 e. The second kappa shape index (κ2) is 3.58. The van der Waals surface area contributed by atoms with Gasteiger partial charge in [0.1, 0.15) is 0 Å². The molecule has 4 heteroatoms. The minimum atomic E-state index is -0.189. The van der Waals surface area contributed by atoms with E-state index in [2.05, 4.69) is 4.90 Å². The van der Waals surface area contributed by atoms with Gasteiger partial charge in [0.2, 0.25) is 0 Å². The van der Waals surface area contributed by atoms with E-state index < -0.39 is 0 Å². The van der Waals surface area contributed by atoms with Gasteiger partial charge in [-0.25, -0.2) is 0 Å². The fraction of sp³-hybridized carbons (Fsp3) is 0.385. The van der Waals surface area contributed by atoms with E-state index >= 15 is 0 Å². The SMILES string of the molecule is CN1C(=O)c2cccc(N3CCCC3)c2C1=O. The molecule has 0 N–H and O–H groups in total. The number of fused-ring (bicyclic) bond motifs is 1. The van der Waals surface area contributed by atoms with Crippen molar-refractivity contribution < 1.29 is 9.59 Å². The van der Waals surface area contributed by atoms with Gasteiger partial charge in [-0.05, 0) is 25.0 Å². The molecule has 2 heterocycles. The largest absolute Gasteiger partial charge is 0.371 e. The fourth-order valence-electron chi connectivity index (χ4n) is 2.61. The zero-order valence-corrected chi connectivity index (χ0v) is 9.77. The molecule has 2 aliphatic rings. The Labute approximate surface area is 99.8 Å². The highest BCUT2D eigenvalue weighted by Crippen LogP contribution is 2.32. The number of hydrogen-bond acceptors (Lipinski definition) is 3. The van der Waals surface area contributed by atoms with Crippen LogP contribution >= 0.6 is 0 Å². The van der Waals surface area contributed by atoms with Crippen LogP contribution in [0.2, 0.25) is 0 Å². The molecule has 88 valence electrons. The number of amides is 2. The van der Waals surface area contributed by atoms with E-state index in [4.69, 9.17) is 0 Å². The van der Waals surface area contributed by atoms with Crippen LogP contribution in [0, 0.1) is 0 Å². The van der Waals surface area contributed by atoms with Crippen molar-refractivity contribution in [2.45, 2.75) is 12.8 Å². The number of imide groups is 1. The van der Waals surface area contributed by atoms with Crippen molar-refractivity contribution in [2.75, 3.05) is 25.0 Å². The van der Waals surface area contributed by atoms with E-state index in [1.54, 1.807) is 13.1 Å². The van der Waals surface area contributed by atoms with Crippen molar-refractivity contribution >= 4 is 17.5 Å². The summed E-state index contributed by atoms with van der Waals surface area (Å²) in [5, 5.41) is 0. The van der Waals surface area contributed by atoms with Crippen molar-refractivity contribution in [3.63, 3.8) is 0 Å². The molecule has 0 aliphatic carbocycles. The molecule has 2 amide bonds. The Hall–Kier alpha value is -1.84. The van der Waals surface area contributed by atoms with Gasteiger partial charge in [-0.3, -0.25) is 14.5 Å². The van der Waals surface area contributed by atoms with Crippen molar-refractivity contribution in [3.8, 4) is 0 Å². The summed E-state index contributed by atoms with van der Waals surface area (Å²) in [4.78, 5) is 27.3. The lowest BCUT2D eigenvalue weighted by Gasteiger charge is -2.19. The van der Waals surface area contributed by atoms with Crippen LogP contribution in [0.3, 0.4) is 0 Å². The van der Waals surface area contributed by atoms with Gasteiger partial charge in [0, 0.05) is 20.1 Å². The van der Waals surface area contributed by atoms with Gasteiger partial charge in [-0.1, -0.05) is 6.07 Å². The summed E-state index contributed by atoms with van der Waals surface area (Å²) in [6.45, 7) is 1.95. The molecule has 2 aliphatic heterocycles. The number of nitrogens with zero attached hydrogens (tertiary/aromatic N) is 2. The molecule has 3 rings (SSSR count). The minimum Gasteiger partial charge on any atom is -0.371 e. The maximum atomic E-state index is 12.1. The average Bonchev–Trinajstić information content (AvgIpc) is 2.94. The molecule has 0 saturated carbocycles. The van der Waals surface area contributed by atoms with Crippen LogP contribution < -0.4 is 4.90 Å². The summed E-state index contributed by atoms with van der Waals surface area (Å²) in [6, 6.07) is 5.53. The Kier molecular flexibility index (Phi) is 2.18. The third-order valence-corrected chi connectivity index (χ3v) is 3.54. The number of carbonyl (C=O) groups is 2. The van der Waals surface area contributed by atoms with E-state index in [1.807, 2.05) is 12.1 Å². The van der Waals surface area contributed by atoms with Crippen molar-refractivity contribution in [3.05, 3.63) is 29.3 Å². The van der Waals surface area contributed by atoms with Crippen LogP contribution in [0.5, 0.6) is 0 Å². The standard InChI is InChI=1S/C13H14N2O2/c1-14-12(16)9-5-4-6-10(11(9)13(14)17)15-7-2-3-8-15/h4-6H,2-3,7-8H2,1H3. The zero-order valence-electron chi connectivity index (χ0n) is 9.77. The van der Waals surface area contributed by atoms with Gasteiger partial charge >= 0.3 is 0 Å². The Balaban J connectivity index is 2.14. The van der Waals surface area contributed by atoms with E-state index in [0.29, 0.717) is 11.1 Å². The normalized spacial score (nSPS) is 19.1. The van der Waals surface area contributed by atoms with Crippen LogP contribution in [0.1, 0.15) is 33.6 Å². The molecular formula is C13H14N2O2. The molecule has 0 spiro atoms. The molecule has 1 aromatic rings. The Morgan fingerprint density at radius 3 is 2.47 bits per heavy atom. The molecule has 0 aromatic heterocycles. The third kappa shape index (κ3) is 1.37. The number of anilines is 1. The number of hydrogen-bond donors (Lipinski definition) is 0. The lowest BCUT2D eigenvalue weighted by Crippen LogP contribution is -2.25. The highest BCUT2D eigenvalue weighted by Gasteiger charge is 2.36. The molecule has 4 nitrogen and oxygen atoms in total. The zero-order chi connectivity index (χ0) is 12.0. The summed E-state index contributed by atoms with van der Waals surface area (Å²) in [6.07, 6.45) is 2.31. The molecule has 0 radical (unpaired) electrons. The highest BCUT2D eigenvalue weighted by atomic mass is 16.2. The van der Waals surface area contributed by atoms with Gasteiger partial charge in [-0.15, -0.1) is 0 Å². The minimum absolute atomic E-state index is 0.174. The van der Waals surface area contributed by atoms with E-state index in [0.717, 1.165) is 31.6 Å². The first-order valence-corrected chi connectivity index (χ1v) is 5.90. The smallest absolute Gasteiger partial charge is 0.263 e. The van der Waals surface area contributed by atoms with Crippen LogP contribution in [-0.4, -0.2) is 36.9 Å². The summed E-state index contributed by atoms with van der Waals surface area (Å²) >= 11 is 0. The number of carbonyl (C=O) groups excluding carboxylic acids is 2. The first-order chi connectivity index (χ1) is 8.20. The second-order valence-electron chi connectivity index (χ2n) is 4.56. The van der Waals surface area contributed by atoms with E-state index in [9.17, 15) is 9.59 Å². The highest BCUT2D eigenvalue weighted by molar-refractivity contribution is 6.23. The van der Waals surface area contributed by atoms with Crippen LogP contribution in [0.25, 0.3) is 0 Å². The predicted molar refractivity (Wildman–Crippen MR) is 64.3 cm³/mol. The monoisotopic (exact) mass is 230 g/mol. The topological polar surface area (TPSA) is 40.6 Å². The predicted octanol–water partition coefficient (Wildman–Crippen LogP) is 1.51. The summed E-state index contributed by atoms with van der Waals surface area (Å²) in [5.74, 6) is -0.362. The first-order valence-electron chi connectivity index (χ1n) is 5.90. The molecule has 0 bridgehead atoms.